The Kier molecular flexibility index (Phi) is 6.65. The van der Waals surface area contributed by atoms with E-state index in [4.69, 9.17) is 9.47 Å². The van der Waals surface area contributed by atoms with Crippen molar-refractivity contribution < 1.29 is 14.4 Å². The van der Waals surface area contributed by atoms with Crippen molar-refractivity contribution in [1.29, 1.82) is 0 Å². The molecule has 1 aliphatic carbocycles. The standard InChI is InChI=1S/C21H26N2O4/c1-26-20-9-8-17-7-6-16(12-18(17)13-20)15-22-10-3-11-27-21-5-2-4-19(14-21)23(24)25/h2,4-5,8-9,13-14,16,22H,3,6-7,10-12,15H2,1H3. The number of rotatable bonds is 9. The van der Waals surface area contributed by atoms with Crippen LogP contribution in [-0.2, 0) is 12.8 Å². The first-order chi connectivity index (χ1) is 13.2. The van der Waals surface area contributed by atoms with Gasteiger partial charge < -0.3 is 14.8 Å². The summed E-state index contributed by atoms with van der Waals surface area (Å²) < 4.78 is 10.9. The molecule has 1 atom stereocenters. The Morgan fingerprint density at radius 2 is 2.07 bits per heavy atom. The molecular weight excluding hydrogens is 344 g/mol. The first-order valence-electron chi connectivity index (χ1n) is 9.39. The summed E-state index contributed by atoms with van der Waals surface area (Å²) in [7, 11) is 1.71. The summed E-state index contributed by atoms with van der Waals surface area (Å²) in [6, 6.07) is 12.7. The Labute approximate surface area is 159 Å². The van der Waals surface area contributed by atoms with Gasteiger partial charge in [-0.1, -0.05) is 12.1 Å². The van der Waals surface area contributed by atoms with Crippen LogP contribution in [0.15, 0.2) is 42.5 Å². The van der Waals surface area contributed by atoms with E-state index >= 15 is 0 Å². The number of aryl methyl sites for hydroxylation is 1. The average molecular weight is 370 g/mol. The summed E-state index contributed by atoms with van der Waals surface area (Å²) in [6.07, 6.45) is 4.28. The molecule has 0 fully saturated rings. The fourth-order valence-electron chi connectivity index (χ4n) is 3.49. The first kappa shape index (κ1) is 19.2. The lowest BCUT2D eigenvalue weighted by molar-refractivity contribution is -0.384. The molecule has 27 heavy (non-hydrogen) atoms. The second kappa shape index (κ2) is 9.37. The number of nitrogens with one attached hydrogen (secondary N) is 1. The van der Waals surface area contributed by atoms with Crippen molar-refractivity contribution in [3.63, 3.8) is 0 Å². The number of nitro benzene ring substituents is 1. The van der Waals surface area contributed by atoms with Crippen LogP contribution in [0.2, 0.25) is 0 Å². The molecule has 1 unspecified atom stereocenters. The van der Waals surface area contributed by atoms with Gasteiger partial charge in [0.15, 0.2) is 0 Å². The lowest BCUT2D eigenvalue weighted by Gasteiger charge is -2.25. The number of ether oxygens (including phenoxy) is 2. The van der Waals surface area contributed by atoms with Gasteiger partial charge in [-0.3, -0.25) is 10.1 Å². The maximum atomic E-state index is 10.8. The van der Waals surface area contributed by atoms with Crippen LogP contribution < -0.4 is 14.8 Å². The topological polar surface area (TPSA) is 73.6 Å². The molecule has 6 heteroatoms. The van der Waals surface area contributed by atoms with Gasteiger partial charge in [0, 0.05) is 6.07 Å². The van der Waals surface area contributed by atoms with Gasteiger partial charge >= 0.3 is 0 Å². The van der Waals surface area contributed by atoms with Crippen LogP contribution in [0.3, 0.4) is 0 Å². The smallest absolute Gasteiger partial charge is 0.273 e. The highest BCUT2D eigenvalue weighted by Gasteiger charge is 2.18. The van der Waals surface area contributed by atoms with Gasteiger partial charge in [0.25, 0.3) is 5.69 Å². The van der Waals surface area contributed by atoms with E-state index in [0.29, 0.717) is 18.3 Å². The van der Waals surface area contributed by atoms with Gasteiger partial charge in [-0.05, 0) is 74.0 Å². The first-order valence-corrected chi connectivity index (χ1v) is 9.39. The van der Waals surface area contributed by atoms with E-state index in [1.165, 1.54) is 29.7 Å². The molecular formula is C21H26N2O4. The van der Waals surface area contributed by atoms with Gasteiger partial charge in [0.1, 0.15) is 11.5 Å². The maximum Gasteiger partial charge on any atom is 0.273 e. The molecule has 2 aromatic rings. The lowest BCUT2D eigenvalue weighted by Crippen LogP contribution is -2.28. The van der Waals surface area contributed by atoms with Gasteiger partial charge in [-0.25, -0.2) is 0 Å². The van der Waals surface area contributed by atoms with Crippen molar-refractivity contribution >= 4 is 5.69 Å². The molecule has 144 valence electrons. The van der Waals surface area contributed by atoms with E-state index < -0.39 is 4.92 Å². The number of hydrogen-bond donors (Lipinski definition) is 1. The van der Waals surface area contributed by atoms with Crippen LogP contribution in [0.4, 0.5) is 5.69 Å². The van der Waals surface area contributed by atoms with Gasteiger partial charge in [0.05, 0.1) is 24.7 Å². The summed E-state index contributed by atoms with van der Waals surface area (Å²) in [5.41, 5.74) is 2.90. The summed E-state index contributed by atoms with van der Waals surface area (Å²) in [5, 5.41) is 14.3. The number of non-ortho nitro benzene ring substituents is 1. The zero-order valence-corrected chi connectivity index (χ0v) is 15.6. The van der Waals surface area contributed by atoms with Gasteiger partial charge in [-0.2, -0.15) is 0 Å². The third kappa shape index (κ3) is 5.44. The highest BCUT2D eigenvalue weighted by Crippen LogP contribution is 2.28. The predicted octanol–water partition coefficient (Wildman–Crippen LogP) is 3.77. The molecule has 2 aromatic carbocycles. The minimum Gasteiger partial charge on any atom is -0.497 e. The fraction of sp³-hybridized carbons (Fsp3) is 0.429. The van der Waals surface area contributed by atoms with Crippen LogP contribution in [0.1, 0.15) is 24.0 Å². The van der Waals surface area contributed by atoms with Gasteiger partial charge in [-0.15, -0.1) is 0 Å². The Morgan fingerprint density at radius 1 is 1.19 bits per heavy atom. The second-order valence-corrected chi connectivity index (χ2v) is 6.90. The monoisotopic (exact) mass is 370 g/mol. The third-order valence-corrected chi connectivity index (χ3v) is 4.97. The molecule has 0 saturated carbocycles. The summed E-state index contributed by atoms with van der Waals surface area (Å²) in [6.45, 7) is 2.41. The van der Waals surface area contributed by atoms with E-state index in [2.05, 4.69) is 17.4 Å². The zero-order valence-electron chi connectivity index (χ0n) is 15.6. The van der Waals surface area contributed by atoms with E-state index in [1.807, 2.05) is 6.07 Å². The Morgan fingerprint density at radius 3 is 2.89 bits per heavy atom. The highest BCUT2D eigenvalue weighted by molar-refractivity contribution is 5.38. The molecule has 3 rings (SSSR count). The molecule has 0 aliphatic heterocycles. The molecule has 0 amide bonds. The SMILES string of the molecule is COc1ccc2c(c1)CC(CNCCCOc1cccc([N+](=O)[O-])c1)CC2. The fourth-order valence-corrected chi connectivity index (χ4v) is 3.49. The summed E-state index contributed by atoms with van der Waals surface area (Å²) >= 11 is 0. The van der Waals surface area contributed by atoms with Gasteiger partial charge in [0.2, 0.25) is 0 Å². The molecule has 1 N–H and O–H groups in total. The number of nitrogens with zero attached hydrogens (tertiary/aromatic N) is 1. The van der Waals surface area contributed by atoms with Crippen LogP contribution in [0.5, 0.6) is 11.5 Å². The van der Waals surface area contributed by atoms with Crippen molar-refractivity contribution in [3.05, 3.63) is 63.7 Å². The Bertz CT molecular complexity index is 779. The number of fused-ring (bicyclic) bond motifs is 1. The molecule has 6 nitrogen and oxygen atoms in total. The molecule has 0 spiro atoms. The summed E-state index contributed by atoms with van der Waals surface area (Å²) in [5.74, 6) is 2.12. The van der Waals surface area contributed by atoms with Crippen molar-refractivity contribution in [2.45, 2.75) is 25.7 Å². The van der Waals surface area contributed by atoms with Crippen LogP contribution >= 0.6 is 0 Å². The largest absolute Gasteiger partial charge is 0.497 e. The van der Waals surface area contributed by atoms with Crippen molar-refractivity contribution in [3.8, 4) is 11.5 Å². The normalized spacial score (nSPS) is 15.8. The minimum atomic E-state index is -0.410. The molecule has 0 bridgehead atoms. The number of benzene rings is 2. The highest BCUT2D eigenvalue weighted by atomic mass is 16.6. The Balaban J connectivity index is 1.35. The molecule has 0 saturated heterocycles. The van der Waals surface area contributed by atoms with Crippen LogP contribution in [0.25, 0.3) is 0 Å². The molecule has 0 radical (unpaired) electrons. The number of methoxy groups -OCH3 is 1. The van der Waals surface area contributed by atoms with E-state index in [1.54, 1.807) is 19.2 Å². The van der Waals surface area contributed by atoms with Crippen molar-refractivity contribution in [1.82, 2.24) is 5.32 Å². The zero-order chi connectivity index (χ0) is 19.1. The van der Waals surface area contributed by atoms with Crippen molar-refractivity contribution in [2.24, 2.45) is 5.92 Å². The predicted molar refractivity (Wildman–Crippen MR) is 105 cm³/mol. The third-order valence-electron chi connectivity index (χ3n) is 4.97. The number of hydrogen-bond acceptors (Lipinski definition) is 5. The van der Waals surface area contributed by atoms with Crippen molar-refractivity contribution in [2.75, 3.05) is 26.8 Å². The van der Waals surface area contributed by atoms with E-state index in [0.717, 1.165) is 38.1 Å². The second-order valence-electron chi connectivity index (χ2n) is 6.90. The molecule has 0 heterocycles. The van der Waals surface area contributed by atoms with Crippen LogP contribution in [0, 0.1) is 16.0 Å². The maximum absolute atomic E-state index is 10.8. The van der Waals surface area contributed by atoms with Crippen LogP contribution in [-0.4, -0.2) is 31.7 Å². The molecule has 0 aromatic heterocycles. The summed E-state index contributed by atoms with van der Waals surface area (Å²) in [4.78, 5) is 10.4. The minimum absolute atomic E-state index is 0.0554. The quantitative estimate of drug-likeness (QED) is 0.413. The number of nitro groups is 1. The molecule has 1 aliphatic rings. The van der Waals surface area contributed by atoms with E-state index in [-0.39, 0.29) is 5.69 Å². The average Bonchev–Trinajstić information content (AvgIpc) is 2.70. The Hall–Kier alpha value is -2.60. The lowest BCUT2D eigenvalue weighted by atomic mass is 9.84. The van der Waals surface area contributed by atoms with E-state index in [9.17, 15) is 10.1 Å².